The van der Waals surface area contributed by atoms with Crippen LogP contribution < -0.4 is 5.73 Å². The van der Waals surface area contributed by atoms with Crippen LogP contribution in [-0.2, 0) is 0 Å². The molecule has 0 saturated heterocycles. The predicted octanol–water partition coefficient (Wildman–Crippen LogP) is 2.78. The van der Waals surface area contributed by atoms with Gasteiger partial charge in [0.25, 0.3) is 5.91 Å². The zero-order valence-electron chi connectivity index (χ0n) is 11.0. The van der Waals surface area contributed by atoms with Gasteiger partial charge in [-0.2, -0.15) is 0 Å². The van der Waals surface area contributed by atoms with Crippen LogP contribution in [0.25, 0.3) is 16.9 Å². The molecule has 0 fully saturated rings. The Labute approximate surface area is 120 Å². The molecule has 0 unspecified atom stereocenters. The molecule has 3 rings (SSSR count). The van der Waals surface area contributed by atoms with Crippen LogP contribution in [0, 0.1) is 5.82 Å². The third-order valence-electron chi connectivity index (χ3n) is 3.17. The number of imidazole rings is 1. The predicted molar refractivity (Wildman–Crippen MR) is 77.5 cm³/mol. The van der Waals surface area contributed by atoms with Crippen LogP contribution in [0.4, 0.5) is 4.39 Å². The monoisotopic (exact) mass is 281 g/mol. The standard InChI is InChI=1S/C16H12FN3O/c17-12-7-4-8-14(15(12)16(18)21)20-9-13(19-10-20)11-5-2-1-3-6-11/h1-10H,(H2,18,21). The highest BCUT2D eigenvalue weighted by Crippen LogP contribution is 2.21. The van der Waals surface area contributed by atoms with E-state index < -0.39 is 11.7 Å². The first-order chi connectivity index (χ1) is 10.2. The third-order valence-corrected chi connectivity index (χ3v) is 3.17. The first kappa shape index (κ1) is 13.1. The fourth-order valence-electron chi connectivity index (χ4n) is 2.18. The topological polar surface area (TPSA) is 60.9 Å². The lowest BCUT2D eigenvalue weighted by atomic mass is 10.1. The minimum absolute atomic E-state index is 0.144. The van der Waals surface area contributed by atoms with E-state index in [0.29, 0.717) is 5.69 Å². The van der Waals surface area contributed by atoms with Crippen LogP contribution in [0.2, 0.25) is 0 Å². The first-order valence-electron chi connectivity index (χ1n) is 6.35. The number of rotatable bonds is 3. The Hall–Kier alpha value is -2.95. The van der Waals surface area contributed by atoms with E-state index in [4.69, 9.17) is 5.73 Å². The number of carbonyl (C=O) groups is 1. The van der Waals surface area contributed by atoms with Gasteiger partial charge in [-0.15, -0.1) is 0 Å². The fraction of sp³-hybridized carbons (Fsp3) is 0. The Bertz CT molecular complexity index is 796. The highest BCUT2D eigenvalue weighted by molar-refractivity contribution is 5.96. The molecular weight excluding hydrogens is 269 g/mol. The van der Waals surface area contributed by atoms with Crippen LogP contribution in [-0.4, -0.2) is 15.5 Å². The van der Waals surface area contributed by atoms with Crippen molar-refractivity contribution in [1.82, 2.24) is 9.55 Å². The summed E-state index contributed by atoms with van der Waals surface area (Å²) in [5, 5.41) is 0. The maximum atomic E-state index is 13.8. The van der Waals surface area contributed by atoms with Crippen LogP contribution in [0.5, 0.6) is 0 Å². The molecule has 5 heteroatoms. The molecule has 0 bridgehead atoms. The van der Waals surface area contributed by atoms with Gasteiger partial charge in [0, 0.05) is 11.8 Å². The largest absolute Gasteiger partial charge is 0.365 e. The van der Waals surface area contributed by atoms with E-state index in [1.54, 1.807) is 16.8 Å². The summed E-state index contributed by atoms with van der Waals surface area (Å²) >= 11 is 0. The van der Waals surface area contributed by atoms with Crippen LogP contribution in [0.3, 0.4) is 0 Å². The van der Waals surface area contributed by atoms with Gasteiger partial charge in [0.2, 0.25) is 0 Å². The number of primary amides is 1. The minimum atomic E-state index is -0.807. The van der Waals surface area contributed by atoms with Crippen molar-refractivity contribution in [3.63, 3.8) is 0 Å². The molecule has 1 heterocycles. The van der Waals surface area contributed by atoms with Gasteiger partial charge in [-0.3, -0.25) is 4.79 Å². The molecule has 1 aromatic heterocycles. The fourth-order valence-corrected chi connectivity index (χ4v) is 2.18. The number of nitrogens with two attached hydrogens (primary N) is 1. The van der Waals surface area contributed by atoms with Crippen molar-refractivity contribution in [2.45, 2.75) is 0 Å². The highest BCUT2D eigenvalue weighted by atomic mass is 19.1. The van der Waals surface area contributed by atoms with Crippen molar-refractivity contribution >= 4 is 5.91 Å². The van der Waals surface area contributed by atoms with E-state index in [1.165, 1.54) is 18.5 Å². The number of benzene rings is 2. The second-order valence-electron chi connectivity index (χ2n) is 4.53. The average molecular weight is 281 g/mol. The molecule has 21 heavy (non-hydrogen) atoms. The maximum absolute atomic E-state index is 13.8. The lowest BCUT2D eigenvalue weighted by Gasteiger charge is -2.07. The minimum Gasteiger partial charge on any atom is -0.365 e. The highest BCUT2D eigenvalue weighted by Gasteiger charge is 2.15. The zero-order chi connectivity index (χ0) is 14.8. The van der Waals surface area contributed by atoms with Crippen molar-refractivity contribution in [3.05, 3.63) is 72.4 Å². The summed E-state index contributed by atoms with van der Waals surface area (Å²) in [6.07, 6.45) is 3.26. The molecule has 0 aliphatic heterocycles. The molecule has 0 aliphatic rings. The molecule has 3 aromatic rings. The Morgan fingerprint density at radius 3 is 2.57 bits per heavy atom. The smallest absolute Gasteiger partial charge is 0.253 e. The van der Waals surface area contributed by atoms with Gasteiger partial charge in [0.05, 0.1) is 23.3 Å². The van der Waals surface area contributed by atoms with Gasteiger partial charge in [-0.25, -0.2) is 9.37 Å². The summed E-state index contributed by atoms with van der Waals surface area (Å²) in [4.78, 5) is 15.7. The van der Waals surface area contributed by atoms with Gasteiger partial charge >= 0.3 is 0 Å². The Kier molecular flexibility index (Phi) is 3.23. The second kappa shape index (κ2) is 5.20. The SMILES string of the molecule is NC(=O)c1c(F)cccc1-n1cnc(-c2ccccc2)c1. The molecule has 0 radical (unpaired) electrons. The summed E-state index contributed by atoms with van der Waals surface area (Å²) in [6.45, 7) is 0. The summed E-state index contributed by atoms with van der Waals surface area (Å²) in [5.41, 5.74) is 7.16. The number of nitrogens with zero attached hydrogens (tertiary/aromatic N) is 2. The molecule has 0 saturated carbocycles. The Balaban J connectivity index is 2.09. The van der Waals surface area contributed by atoms with Crippen molar-refractivity contribution in [2.24, 2.45) is 5.73 Å². The van der Waals surface area contributed by atoms with Gasteiger partial charge < -0.3 is 10.3 Å². The van der Waals surface area contributed by atoms with Gasteiger partial charge in [0.1, 0.15) is 5.82 Å². The lowest BCUT2D eigenvalue weighted by molar-refractivity contribution is 0.0996. The van der Waals surface area contributed by atoms with E-state index in [0.717, 1.165) is 11.3 Å². The number of hydrogen-bond acceptors (Lipinski definition) is 2. The van der Waals surface area contributed by atoms with Gasteiger partial charge in [-0.1, -0.05) is 36.4 Å². The number of aromatic nitrogens is 2. The van der Waals surface area contributed by atoms with Crippen LogP contribution >= 0.6 is 0 Å². The quantitative estimate of drug-likeness (QED) is 0.802. The maximum Gasteiger partial charge on any atom is 0.253 e. The Morgan fingerprint density at radius 1 is 1.10 bits per heavy atom. The number of hydrogen-bond donors (Lipinski definition) is 1. The molecule has 4 nitrogen and oxygen atoms in total. The third kappa shape index (κ3) is 2.41. The lowest BCUT2D eigenvalue weighted by Crippen LogP contribution is -2.16. The van der Waals surface area contributed by atoms with Crippen molar-refractivity contribution in [2.75, 3.05) is 0 Å². The number of amides is 1. The molecular formula is C16H12FN3O. The van der Waals surface area contributed by atoms with Crippen LogP contribution in [0.15, 0.2) is 61.1 Å². The van der Waals surface area contributed by atoms with Crippen molar-refractivity contribution in [1.29, 1.82) is 0 Å². The number of carbonyl (C=O) groups excluding carboxylic acids is 1. The Morgan fingerprint density at radius 2 is 1.86 bits per heavy atom. The summed E-state index contributed by atoms with van der Waals surface area (Å²) < 4.78 is 15.4. The molecule has 0 atom stereocenters. The van der Waals surface area contributed by atoms with Gasteiger partial charge in [0.15, 0.2) is 0 Å². The van der Waals surface area contributed by atoms with E-state index in [-0.39, 0.29) is 5.56 Å². The molecule has 104 valence electrons. The van der Waals surface area contributed by atoms with Crippen LogP contribution in [0.1, 0.15) is 10.4 Å². The van der Waals surface area contributed by atoms with Gasteiger partial charge in [-0.05, 0) is 12.1 Å². The zero-order valence-corrected chi connectivity index (χ0v) is 11.0. The van der Waals surface area contributed by atoms with E-state index in [9.17, 15) is 9.18 Å². The number of halogens is 1. The van der Waals surface area contributed by atoms with Crippen molar-refractivity contribution < 1.29 is 9.18 Å². The molecule has 2 aromatic carbocycles. The summed E-state index contributed by atoms with van der Waals surface area (Å²) in [5.74, 6) is -1.45. The molecule has 1 amide bonds. The van der Waals surface area contributed by atoms with E-state index >= 15 is 0 Å². The summed E-state index contributed by atoms with van der Waals surface area (Å²) in [6, 6.07) is 13.9. The second-order valence-corrected chi connectivity index (χ2v) is 4.53. The average Bonchev–Trinajstić information content (AvgIpc) is 2.97. The van der Waals surface area contributed by atoms with Crippen molar-refractivity contribution in [3.8, 4) is 16.9 Å². The van der Waals surface area contributed by atoms with E-state index in [1.807, 2.05) is 30.3 Å². The normalized spacial score (nSPS) is 10.5. The molecule has 0 aliphatic carbocycles. The van der Waals surface area contributed by atoms with E-state index in [2.05, 4.69) is 4.98 Å². The molecule has 2 N–H and O–H groups in total. The first-order valence-corrected chi connectivity index (χ1v) is 6.35. The molecule has 0 spiro atoms. The summed E-state index contributed by atoms with van der Waals surface area (Å²) in [7, 11) is 0.